The molecule has 0 saturated carbocycles. The maximum absolute atomic E-state index is 12.3. The molecule has 1 aromatic carbocycles. The van der Waals surface area contributed by atoms with Crippen molar-refractivity contribution in [3.8, 4) is 5.75 Å². The molecule has 0 radical (unpaired) electrons. The summed E-state index contributed by atoms with van der Waals surface area (Å²) >= 11 is 0. The second-order valence-electron chi connectivity index (χ2n) is 10.7. The molecule has 6 heteroatoms. The van der Waals surface area contributed by atoms with E-state index in [4.69, 9.17) is 13.9 Å². The molecule has 1 fully saturated rings. The number of benzene rings is 1. The van der Waals surface area contributed by atoms with Crippen LogP contribution in [0.25, 0.3) is 0 Å². The van der Waals surface area contributed by atoms with Gasteiger partial charge in [-0.3, -0.25) is 4.79 Å². The van der Waals surface area contributed by atoms with Gasteiger partial charge in [0.15, 0.2) is 8.32 Å². The third-order valence-electron chi connectivity index (χ3n) is 7.37. The molecule has 1 aliphatic heterocycles. The second kappa shape index (κ2) is 10.5. The summed E-state index contributed by atoms with van der Waals surface area (Å²) < 4.78 is 18.0. The van der Waals surface area contributed by atoms with Gasteiger partial charge in [0.1, 0.15) is 5.75 Å². The molecule has 5 nitrogen and oxygen atoms in total. The van der Waals surface area contributed by atoms with Gasteiger partial charge in [-0.15, -0.1) is 0 Å². The lowest BCUT2D eigenvalue weighted by atomic mass is 9.79. The fraction of sp³-hybridized carbons (Fsp3) is 0.654. The number of hydrogen-bond donors (Lipinski definition) is 1. The molecule has 1 amide bonds. The van der Waals surface area contributed by atoms with Crippen molar-refractivity contribution >= 4 is 14.2 Å². The van der Waals surface area contributed by atoms with Crippen molar-refractivity contribution in [3.05, 3.63) is 41.5 Å². The van der Waals surface area contributed by atoms with Gasteiger partial charge < -0.3 is 19.2 Å². The van der Waals surface area contributed by atoms with Crippen LogP contribution in [0, 0.1) is 5.92 Å². The predicted molar refractivity (Wildman–Crippen MR) is 131 cm³/mol. The van der Waals surface area contributed by atoms with E-state index in [1.165, 1.54) is 5.57 Å². The fourth-order valence-corrected chi connectivity index (χ4v) is 5.36. The van der Waals surface area contributed by atoms with Gasteiger partial charge in [-0.25, -0.2) is 0 Å². The fourth-order valence-electron chi connectivity index (χ4n) is 4.30. The van der Waals surface area contributed by atoms with Crippen molar-refractivity contribution in [1.29, 1.82) is 0 Å². The molecule has 1 heterocycles. The standard InChI is InChI=1S/C26H41NO4Si/c1-26(2,3)32(5,6)31-15-14-21-17-23(16-20-8-7-9-24(28)27-25(20)21)30-18-19-10-12-22(29-4)13-11-19/h10-13,16,21,23,25H,7-9,14-15,17-18H2,1-6H3,(H,27,28)/t21-,23+,25-/m1/s1. The molecule has 0 unspecified atom stereocenters. The Morgan fingerprint density at radius 1 is 1.12 bits per heavy atom. The Balaban J connectivity index is 1.66. The monoisotopic (exact) mass is 459 g/mol. The number of ether oxygens (including phenoxy) is 2. The number of amides is 1. The molecule has 1 aliphatic carbocycles. The lowest BCUT2D eigenvalue weighted by Crippen LogP contribution is -2.45. The van der Waals surface area contributed by atoms with Crippen LogP contribution in [0.1, 0.15) is 58.4 Å². The van der Waals surface area contributed by atoms with Crippen LogP contribution >= 0.6 is 0 Å². The molecule has 1 saturated heterocycles. The summed E-state index contributed by atoms with van der Waals surface area (Å²) in [5, 5.41) is 3.49. The van der Waals surface area contributed by atoms with E-state index >= 15 is 0 Å². The molecule has 178 valence electrons. The molecular formula is C26H41NO4Si. The number of fused-ring (bicyclic) bond motifs is 1. The first-order valence-electron chi connectivity index (χ1n) is 12.0. The molecule has 3 atom stereocenters. The molecule has 3 rings (SSSR count). The van der Waals surface area contributed by atoms with Crippen LogP contribution in [0.2, 0.25) is 18.1 Å². The molecule has 0 aromatic heterocycles. The number of carbonyl (C=O) groups is 1. The molecule has 1 N–H and O–H groups in total. The van der Waals surface area contributed by atoms with Crippen LogP contribution in [0.15, 0.2) is 35.9 Å². The molecule has 0 spiro atoms. The summed E-state index contributed by atoms with van der Waals surface area (Å²) in [6.45, 7) is 12.7. The van der Waals surface area contributed by atoms with Crippen molar-refractivity contribution in [2.45, 2.75) is 89.8 Å². The zero-order valence-electron chi connectivity index (χ0n) is 20.7. The Kier molecular flexibility index (Phi) is 8.23. The van der Waals surface area contributed by atoms with Gasteiger partial charge in [-0.2, -0.15) is 0 Å². The van der Waals surface area contributed by atoms with E-state index in [9.17, 15) is 4.79 Å². The SMILES string of the molecule is COc1ccc(CO[C@H]2C=C3CCCC(=O)N[C@H]3[C@H](CCO[Si](C)(C)C(C)(C)C)C2)cc1. The number of rotatable bonds is 8. The number of methoxy groups -OCH3 is 1. The number of hydrogen-bond acceptors (Lipinski definition) is 4. The van der Waals surface area contributed by atoms with Gasteiger partial charge in [0.25, 0.3) is 0 Å². The van der Waals surface area contributed by atoms with Gasteiger partial charge in [-0.05, 0) is 73.0 Å². The minimum atomic E-state index is -1.78. The van der Waals surface area contributed by atoms with Crippen molar-refractivity contribution < 1.29 is 18.7 Å². The van der Waals surface area contributed by atoms with Crippen LogP contribution in [0.4, 0.5) is 0 Å². The summed E-state index contributed by atoms with van der Waals surface area (Å²) in [6, 6.07) is 8.15. The Bertz CT molecular complexity index is 797. The summed E-state index contributed by atoms with van der Waals surface area (Å²) in [4.78, 5) is 12.3. The van der Waals surface area contributed by atoms with E-state index in [2.05, 4.69) is 45.3 Å². The van der Waals surface area contributed by atoms with Gasteiger partial charge in [0, 0.05) is 13.0 Å². The van der Waals surface area contributed by atoms with Crippen molar-refractivity contribution in [2.24, 2.45) is 5.92 Å². The molecule has 0 bridgehead atoms. The van der Waals surface area contributed by atoms with Crippen molar-refractivity contribution in [1.82, 2.24) is 5.32 Å². The number of carbonyl (C=O) groups excluding carboxylic acids is 1. The van der Waals surface area contributed by atoms with E-state index in [0.717, 1.165) is 43.6 Å². The Labute approximate surface area is 195 Å². The predicted octanol–water partition coefficient (Wildman–Crippen LogP) is 5.61. The first-order valence-corrected chi connectivity index (χ1v) is 14.9. The van der Waals surface area contributed by atoms with Crippen LogP contribution in [0.3, 0.4) is 0 Å². The largest absolute Gasteiger partial charge is 0.497 e. The van der Waals surface area contributed by atoms with Gasteiger partial charge in [-0.1, -0.05) is 39.0 Å². The highest BCUT2D eigenvalue weighted by molar-refractivity contribution is 6.74. The maximum atomic E-state index is 12.3. The highest BCUT2D eigenvalue weighted by Crippen LogP contribution is 2.38. The molecular weight excluding hydrogens is 418 g/mol. The molecule has 32 heavy (non-hydrogen) atoms. The highest BCUT2D eigenvalue weighted by atomic mass is 28.4. The third-order valence-corrected chi connectivity index (χ3v) is 11.9. The van der Waals surface area contributed by atoms with E-state index in [0.29, 0.717) is 18.9 Å². The minimum absolute atomic E-state index is 0.0659. The Morgan fingerprint density at radius 2 is 1.84 bits per heavy atom. The Morgan fingerprint density at radius 3 is 2.50 bits per heavy atom. The van der Waals surface area contributed by atoms with E-state index < -0.39 is 8.32 Å². The first-order chi connectivity index (χ1) is 15.1. The smallest absolute Gasteiger partial charge is 0.220 e. The summed E-state index contributed by atoms with van der Waals surface area (Å²) in [5.41, 5.74) is 2.47. The van der Waals surface area contributed by atoms with Crippen LogP contribution in [0.5, 0.6) is 5.75 Å². The summed E-state index contributed by atoms with van der Waals surface area (Å²) in [6.07, 6.45) is 6.67. The van der Waals surface area contributed by atoms with Crippen LogP contribution in [-0.4, -0.2) is 40.1 Å². The maximum Gasteiger partial charge on any atom is 0.220 e. The van der Waals surface area contributed by atoms with Gasteiger partial charge in [0.2, 0.25) is 5.91 Å². The minimum Gasteiger partial charge on any atom is -0.497 e. The third kappa shape index (κ3) is 6.46. The van der Waals surface area contributed by atoms with Gasteiger partial charge in [0.05, 0.1) is 25.9 Å². The lowest BCUT2D eigenvalue weighted by molar-refractivity contribution is -0.121. The highest BCUT2D eigenvalue weighted by Gasteiger charge is 2.38. The van der Waals surface area contributed by atoms with Crippen molar-refractivity contribution in [2.75, 3.05) is 13.7 Å². The summed E-state index contributed by atoms with van der Waals surface area (Å²) in [5.74, 6) is 1.36. The van der Waals surface area contributed by atoms with Gasteiger partial charge >= 0.3 is 0 Å². The quantitative estimate of drug-likeness (QED) is 0.406. The second-order valence-corrected chi connectivity index (χ2v) is 15.5. The Hall–Kier alpha value is -1.63. The van der Waals surface area contributed by atoms with E-state index in [1.807, 2.05) is 24.3 Å². The molecule has 1 aromatic rings. The van der Waals surface area contributed by atoms with Crippen LogP contribution < -0.4 is 10.1 Å². The average Bonchev–Trinajstić information content (AvgIpc) is 2.92. The van der Waals surface area contributed by atoms with E-state index in [-0.39, 0.29) is 23.1 Å². The van der Waals surface area contributed by atoms with E-state index in [1.54, 1.807) is 7.11 Å². The molecule has 2 aliphatic rings. The zero-order valence-corrected chi connectivity index (χ0v) is 21.7. The van der Waals surface area contributed by atoms with Crippen molar-refractivity contribution in [3.63, 3.8) is 0 Å². The first kappa shape index (κ1) is 25.0. The lowest BCUT2D eigenvalue weighted by Gasteiger charge is -2.39. The zero-order chi connectivity index (χ0) is 23.4. The summed E-state index contributed by atoms with van der Waals surface area (Å²) in [7, 11) is -0.107. The number of nitrogens with one attached hydrogen (secondary N) is 1. The average molecular weight is 460 g/mol. The normalized spacial score (nSPS) is 24.2. The topological polar surface area (TPSA) is 56.8 Å². The van der Waals surface area contributed by atoms with Crippen LogP contribution in [-0.2, 0) is 20.6 Å².